The van der Waals surface area contributed by atoms with Gasteiger partial charge in [0.15, 0.2) is 5.65 Å². The Hall–Kier alpha value is -2.89. The molecular formula is C17H16N4O2. The molecule has 23 heavy (non-hydrogen) atoms. The lowest BCUT2D eigenvalue weighted by atomic mass is 10.1. The summed E-state index contributed by atoms with van der Waals surface area (Å²) in [4.78, 5) is 19.2. The number of aromatic hydroxyl groups is 1. The van der Waals surface area contributed by atoms with Crippen molar-refractivity contribution >= 4 is 16.9 Å². The Labute approximate surface area is 132 Å². The van der Waals surface area contributed by atoms with E-state index in [2.05, 4.69) is 15.2 Å². The zero-order valence-electron chi connectivity index (χ0n) is 12.5. The Balaban J connectivity index is 1.84. The van der Waals surface area contributed by atoms with Crippen LogP contribution in [0.25, 0.3) is 22.3 Å². The molecule has 0 spiro atoms. The van der Waals surface area contributed by atoms with Gasteiger partial charge in [-0.3, -0.25) is 9.89 Å². The van der Waals surface area contributed by atoms with Gasteiger partial charge < -0.3 is 10.0 Å². The minimum absolute atomic E-state index is 0.0244. The van der Waals surface area contributed by atoms with Gasteiger partial charge in [-0.1, -0.05) is 0 Å². The number of phenols is 1. The van der Waals surface area contributed by atoms with E-state index >= 15 is 0 Å². The molecule has 2 N–H and O–H groups in total. The molecule has 0 bridgehead atoms. The molecule has 1 aromatic carbocycles. The lowest BCUT2D eigenvalue weighted by molar-refractivity contribution is 0.0794. The van der Waals surface area contributed by atoms with Crippen molar-refractivity contribution in [3.05, 3.63) is 42.1 Å². The van der Waals surface area contributed by atoms with E-state index in [0.29, 0.717) is 16.9 Å². The van der Waals surface area contributed by atoms with Crippen molar-refractivity contribution in [1.82, 2.24) is 20.1 Å². The number of likely N-dealkylation sites (tertiary alicyclic amines) is 1. The Morgan fingerprint density at radius 3 is 2.65 bits per heavy atom. The van der Waals surface area contributed by atoms with Crippen molar-refractivity contribution in [2.75, 3.05) is 13.1 Å². The fraction of sp³-hybridized carbons (Fsp3) is 0.235. The molecule has 1 fully saturated rings. The average molecular weight is 308 g/mol. The summed E-state index contributed by atoms with van der Waals surface area (Å²) in [5.74, 6) is 0.223. The first kappa shape index (κ1) is 13.8. The summed E-state index contributed by atoms with van der Waals surface area (Å²) in [7, 11) is 0. The maximum atomic E-state index is 12.8. The molecule has 0 atom stereocenters. The van der Waals surface area contributed by atoms with Gasteiger partial charge in [0, 0.05) is 18.7 Å². The van der Waals surface area contributed by atoms with Gasteiger partial charge in [0.25, 0.3) is 5.91 Å². The van der Waals surface area contributed by atoms with E-state index in [-0.39, 0.29) is 11.7 Å². The standard InChI is InChI=1S/C17H16N4O2/c22-12-5-3-11(4-6-12)15-9-13(14-10-18-20-16(14)19-15)17(23)21-7-1-2-8-21/h3-6,9-10,22H,1-2,7-8H2,(H,18,19,20). The quantitative estimate of drug-likeness (QED) is 0.762. The third-order valence-electron chi connectivity index (χ3n) is 4.21. The second kappa shape index (κ2) is 5.39. The van der Waals surface area contributed by atoms with Gasteiger partial charge in [-0.2, -0.15) is 5.10 Å². The molecule has 2 aromatic heterocycles. The number of carbonyl (C=O) groups is 1. The maximum absolute atomic E-state index is 12.8. The first-order chi connectivity index (χ1) is 11.2. The van der Waals surface area contributed by atoms with Crippen molar-refractivity contribution in [1.29, 1.82) is 0 Å². The summed E-state index contributed by atoms with van der Waals surface area (Å²) in [5.41, 5.74) is 2.74. The minimum atomic E-state index is 0.0244. The average Bonchev–Trinajstić information content (AvgIpc) is 3.25. The zero-order chi connectivity index (χ0) is 15.8. The zero-order valence-corrected chi connectivity index (χ0v) is 12.5. The van der Waals surface area contributed by atoms with E-state index in [1.807, 2.05) is 11.0 Å². The molecule has 3 heterocycles. The molecule has 116 valence electrons. The van der Waals surface area contributed by atoms with E-state index in [1.165, 1.54) is 0 Å². The van der Waals surface area contributed by atoms with E-state index in [9.17, 15) is 9.90 Å². The molecular weight excluding hydrogens is 292 g/mol. The third-order valence-corrected chi connectivity index (χ3v) is 4.21. The molecule has 1 aliphatic heterocycles. The molecule has 1 saturated heterocycles. The Morgan fingerprint density at radius 1 is 1.17 bits per heavy atom. The molecule has 1 aliphatic rings. The second-order valence-corrected chi connectivity index (χ2v) is 5.73. The summed E-state index contributed by atoms with van der Waals surface area (Å²) in [6.45, 7) is 1.60. The fourth-order valence-electron chi connectivity index (χ4n) is 2.98. The van der Waals surface area contributed by atoms with Gasteiger partial charge in [0.1, 0.15) is 5.75 Å². The summed E-state index contributed by atoms with van der Waals surface area (Å²) in [6.07, 6.45) is 3.75. The van der Waals surface area contributed by atoms with Crippen molar-refractivity contribution in [3.63, 3.8) is 0 Å². The summed E-state index contributed by atoms with van der Waals surface area (Å²) < 4.78 is 0. The summed E-state index contributed by atoms with van der Waals surface area (Å²) in [6, 6.07) is 8.59. The van der Waals surface area contributed by atoms with Gasteiger partial charge in [-0.05, 0) is 43.2 Å². The van der Waals surface area contributed by atoms with Crippen LogP contribution in [0.3, 0.4) is 0 Å². The van der Waals surface area contributed by atoms with Gasteiger partial charge in [0.05, 0.1) is 22.8 Å². The van der Waals surface area contributed by atoms with Crippen molar-refractivity contribution < 1.29 is 9.90 Å². The topological polar surface area (TPSA) is 82.1 Å². The number of amides is 1. The first-order valence-corrected chi connectivity index (χ1v) is 7.65. The van der Waals surface area contributed by atoms with Crippen LogP contribution >= 0.6 is 0 Å². The molecule has 6 heteroatoms. The highest BCUT2D eigenvalue weighted by Crippen LogP contribution is 2.26. The van der Waals surface area contributed by atoms with Crippen molar-refractivity contribution in [3.8, 4) is 17.0 Å². The third kappa shape index (κ3) is 2.42. The normalized spacial score (nSPS) is 14.5. The Morgan fingerprint density at radius 2 is 1.91 bits per heavy atom. The van der Waals surface area contributed by atoms with Crippen LogP contribution in [0, 0.1) is 0 Å². The summed E-state index contributed by atoms with van der Waals surface area (Å²) in [5, 5.41) is 17.0. The highest BCUT2D eigenvalue weighted by molar-refractivity contribution is 6.06. The summed E-state index contributed by atoms with van der Waals surface area (Å²) >= 11 is 0. The number of hydrogen-bond acceptors (Lipinski definition) is 4. The number of rotatable bonds is 2. The van der Waals surface area contributed by atoms with Gasteiger partial charge in [-0.15, -0.1) is 0 Å². The SMILES string of the molecule is O=C(c1cc(-c2ccc(O)cc2)nc2[nH]ncc12)N1CCCC1. The van der Waals surface area contributed by atoms with Crippen LogP contribution in [0.1, 0.15) is 23.2 Å². The van der Waals surface area contributed by atoms with Crippen LogP contribution in [-0.2, 0) is 0 Å². The maximum Gasteiger partial charge on any atom is 0.254 e. The molecule has 0 radical (unpaired) electrons. The lowest BCUT2D eigenvalue weighted by Gasteiger charge is -2.16. The minimum Gasteiger partial charge on any atom is -0.508 e. The number of pyridine rings is 1. The monoisotopic (exact) mass is 308 g/mol. The van der Waals surface area contributed by atoms with E-state index in [4.69, 9.17) is 0 Å². The number of aromatic amines is 1. The lowest BCUT2D eigenvalue weighted by Crippen LogP contribution is -2.27. The number of nitrogens with zero attached hydrogens (tertiary/aromatic N) is 3. The van der Waals surface area contributed by atoms with Crippen LogP contribution in [-0.4, -0.2) is 44.2 Å². The van der Waals surface area contributed by atoms with Crippen LogP contribution in [0.4, 0.5) is 0 Å². The van der Waals surface area contributed by atoms with E-state index < -0.39 is 0 Å². The van der Waals surface area contributed by atoms with Crippen LogP contribution in [0.5, 0.6) is 5.75 Å². The van der Waals surface area contributed by atoms with Crippen LogP contribution in [0.2, 0.25) is 0 Å². The van der Waals surface area contributed by atoms with Crippen LogP contribution in [0.15, 0.2) is 36.5 Å². The molecule has 0 saturated carbocycles. The molecule has 0 unspecified atom stereocenters. The number of hydrogen-bond donors (Lipinski definition) is 2. The molecule has 3 aromatic rings. The van der Waals surface area contributed by atoms with Crippen molar-refractivity contribution in [2.45, 2.75) is 12.8 Å². The molecule has 0 aliphatic carbocycles. The van der Waals surface area contributed by atoms with E-state index in [1.54, 1.807) is 30.5 Å². The largest absolute Gasteiger partial charge is 0.508 e. The number of carbonyl (C=O) groups excluding carboxylic acids is 1. The second-order valence-electron chi connectivity index (χ2n) is 5.73. The molecule has 4 rings (SSSR count). The number of aromatic nitrogens is 3. The highest BCUT2D eigenvalue weighted by atomic mass is 16.3. The Kier molecular flexibility index (Phi) is 3.22. The number of H-pyrrole nitrogens is 1. The van der Waals surface area contributed by atoms with Gasteiger partial charge in [0.2, 0.25) is 0 Å². The predicted octanol–water partition coefficient (Wildman–Crippen LogP) is 2.57. The van der Waals surface area contributed by atoms with Gasteiger partial charge in [-0.25, -0.2) is 4.98 Å². The highest BCUT2D eigenvalue weighted by Gasteiger charge is 2.23. The number of nitrogens with one attached hydrogen (secondary N) is 1. The fourth-order valence-corrected chi connectivity index (χ4v) is 2.98. The van der Waals surface area contributed by atoms with Crippen molar-refractivity contribution in [2.24, 2.45) is 0 Å². The number of fused-ring (bicyclic) bond motifs is 1. The smallest absolute Gasteiger partial charge is 0.254 e. The van der Waals surface area contributed by atoms with Gasteiger partial charge >= 0.3 is 0 Å². The Bertz CT molecular complexity index is 864. The molecule has 1 amide bonds. The predicted molar refractivity (Wildman–Crippen MR) is 86.1 cm³/mol. The van der Waals surface area contributed by atoms with E-state index in [0.717, 1.165) is 36.9 Å². The number of phenolic OH excluding ortho intramolecular Hbond substituents is 1. The first-order valence-electron chi connectivity index (χ1n) is 7.65. The number of benzene rings is 1. The van der Waals surface area contributed by atoms with Crippen LogP contribution < -0.4 is 0 Å². The molecule has 6 nitrogen and oxygen atoms in total.